The van der Waals surface area contributed by atoms with E-state index in [-0.39, 0.29) is 0 Å². The van der Waals surface area contributed by atoms with Gasteiger partial charge in [-0.3, -0.25) is 9.59 Å². The van der Waals surface area contributed by atoms with Crippen molar-refractivity contribution in [1.82, 2.24) is 0 Å². The molecule has 2 saturated carbocycles. The van der Waals surface area contributed by atoms with Gasteiger partial charge >= 0.3 is 11.9 Å². The van der Waals surface area contributed by atoms with Crippen LogP contribution in [0.25, 0.3) is 0 Å². The summed E-state index contributed by atoms with van der Waals surface area (Å²) in [5.74, 6) is 0.215. The fourth-order valence-corrected chi connectivity index (χ4v) is 4.58. The average Bonchev–Trinajstić information content (AvgIpc) is 3.08. The van der Waals surface area contributed by atoms with E-state index >= 15 is 0 Å². The molecule has 0 aromatic heterocycles. The second-order valence-corrected chi connectivity index (χ2v) is 6.36. The van der Waals surface area contributed by atoms with E-state index in [0.29, 0.717) is 24.7 Å². The number of hydrogen-bond acceptors (Lipinski definition) is 4. The first-order valence-corrected chi connectivity index (χ1v) is 7.51. The fraction of sp³-hybridized carbons (Fsp3) is 0.750. The van der Waals surface area contributed by atoms with Gasteiger partial charge in [0.05, 0.1) is 14.2 Å². The predicted octanol–water partition coefficient (Wildman–Crippen LogP) is 2.62. The molecule has 0 spiro atoms. The maximum absolute atomic E-state index is 12.2. The van der Waals surface area contributed by atoms with Crippen LogP contribution in [0.2, 0.25) is 0 Å². The van der Waals surface area contributed by atoms with Gasteiger partial charge < -0.3 is 9.47 Å². The number of esters is 2. The molecule has 110 valence electrons. The van der Waals surface area contributed by atoms with Gasteiger partial charge in [-0.1, -0.05) is 11.1 Å². The molecule has 0 amide bonds. The highest BCUT2D eigenvalue weighted by Gasteiger charge is 2.57. The Bertz CT molecular complexity index is 461. The van der Waals surface area contributed by atoms with E-state index in [1.807, 2.05) is 0 Å². The van der Waals surface area contributed by atoms with Crippen molar-refractivity contribution in [2.75, 3.05) is 14.2 Å². The second kappa shape index (κ2) is 4.90. The molecule has 3 aliphatic rings. The monoisotopic (exact) mass is 278 g/mol. The Kier molecular flexibility index (Phi) is 3.35. The summed E-state index contributed by atoms with van der Waals surface area (Å²) in [6, 6.07) is 0. The maximum Gasteiger partial charge on any atom is 0.323 e. The quantitative estimate of drug-likeness (QED) is 0.442. The van der Waals surface area contributed by atoms with Crippen molar-refractivity contribution in [3.8, 4) is 0 Å². The molecule has 2 fully saturated rings. The summed E-state index contributed by atoms with van der Waals surface area (Å²) in [5, 5.41) is 0. The van der Waals surface area contributed by atoms with Crippen molar-refractivity contribution in [2.24, 2.45) is 17.3 Å². The molecule has 0 heterocycles. The molecule has 4 nitrogen and oxygen atoms in total. The maximum atomic E-state index is 12.2. The van der Waals surface area contributed by atoms with Gasteiger partial charge in [0.15, 0.2) is 5.41 Å². The molecule has 2 atom stereocenters. The molecule has 0 bridgehead atoms. The summed E-state index contributed by atoms with van der Waals surface area (Å²) >= 11 is 0. The molecule has 0 saturated heterocycles. The molecule has 0 aliphatic heterocycles. The Labute approximate surface area is 119 Å². The van der Waals surface area contributed by atoms with E-state index in [1.54, 1.807) is 0 Å². The van der Waals surface area contributed by atoms with Crippen molar-refractivity contribution >= 4 is 11.9 Å². The lowest BCUT2D eigenvalue weighted by molar-refractivity contribution is -0.168. The van der Waals surface area contributed by atoms with Crippen LogP contribution < -0.4 is 0 Å². The standard InChI is InChI=1S/C16H22O4/c1-19-14(17)16(15(18)20-2)8-11-7-6-10-4-3-5-12(10)13(11)9-16/h10-11H,3-9H2,1-2H3/t10-,11-/m0/s1. The van der Waals surface area contributed by atoms with Crippen molar-refractivity contribution in [3.05, 3.63) is 11.1 Å². The second-order valence-electron chi connectivity index (χ2n) is 6.36. The molecule has 3 rings (SSSR count). The Hall–Kier alpha value is -1.32. The zero-order chi connectivity index (χ0) is 14.3. The van der Waals surface area contributed by atoms with Crippen molar-refractivity contribution < 1.29 is 19.1 Å². The summed E-state index contributed by atoms with van der Waals surface area (Å²) < 4.78 is 9.83. The molecule has 0 unspecified atom stereocenters. The lowest BCUT2D eigenvalue weighted by Gasteiger charge is -2.26. The van der Waals surface area contributed by atoms with E-state index < -0.39 is 17.4 Å². The largest absolute Gasteiger partial charge is 0.468 e. The zero-order valence-electron chi connectivity index (χ0n) is 12.2. The van der Waals surface area contributed by atoms with E-state index in [4.69, 9.17) is 9.47 Å². The van der Waals surface area contributed by atoms with Gasteiger partial charge in [-0.05, 0) is 56.8 Å². The number of fused-ring (bicyclic) bond motifs is 2. The summed E-state index contributed by atoms with van der Waals surface area (Å²) in [5.41, 5.74) is 1.82. The highest BCUT2D eigenvalue weighted by Crippen LogP contribution is 2.56. The van der Waals surface area contributed by atoms with Crippen LogP contribution in [-0.2, 0) is 19.1 Å². The van der Waals surface area contributed by atoms with Gasteiger partial charge in [-0.2, -0.15) is 0 Å². The van der Waals surface area contributed by atoms with Crippen LogP contribution in [0.1, 0.15) is 44.9 Å². The van der Waals surface area contributed by atoms with Crippen LogP contribution in [0.3, 0.4) is 0 Å². The average molecular weight is 278 g/mol. The number of allylic oxidation sites excluding steroid dienone is 2. The lowest BCUT2D eigenvalue weighted by atomic mass is 9.79. The summed E-state index contributed by atoms with van der Waals surface area (Å²) in [6.45, 7) is 0. The van der Waals surface area contributed by atoms with Crippen LogP contribution in [-0.4, -0.2) is 26.2 Å². The molecular formula is C16H22O4. The summed E-state index contributed by atoms with van der Waals surface area (Å²) in [6.07, 6.45) is 7.06. The van der Waals surface area contributed by atoms with Gasteiger partial charge in [0.2, 0.25) is 0 Å². The minimum atomic E-state index is -1.09. The topological polar surface area (TPSA) is 52.6 Å². The Morgan fingerprint density at radius 2 is 1.65 bits per heavy atom. The zero-order valence-corrected chi connectivity index (χ0v) is 12.2. The molecule has 0 aromatic carbocycles. The van der Waals surface area contributed by atoms with Gasteiger partial charge in [-0.15, -0.1) is 0 Å². The van der Waals surface area contributed by atoms with Crippen molar-refractivity contribution in [1.29, 1.82) is 0 Å². The highest BCUT2D eigenvalue weighted by molar-refractivity contribution is 6.01. The Morgan fingerprint density at radius 3 is 2.30 bits per heavy atom. The molecule has 0 aromatic rings. The van der Waals surface area contributed by atoms with Crippen LogP contribution in [0.15, 0.2) is 11.1 Å². The van der Waals surface area contributed by atoms with Crippen molar-refractivity contribution in [3.63, 3.8) is 0 Å². The van der Waals surface area contributed by atoms with Crippen LogP contribution >= 0.6 is 0 Å². The van der Waals surface area contributed by atoms with Gasteiger partial charge in [0.1, 0.15) is 0 Å². The van der Waals surface area contributed by atoms with Crippen LogP contribution in [0.5, 0.6) is 0 Å². The minimum absolute atomic E-state index is 0.373. The van der Waals surface area contributed by atoms with Crippen LogP contribution in [0, 0.1) is 17.3 Å². The molecule has 3 aliphatic carbocycles. The lowest BCUT2D eigenvalue weighted by Crippen LogP contribution is -2.39. The number of carbonyl (C=O) groups is 2. The third-order valence-electron chi connectivity index (χ3n) is 5.50. The summed E-state index contributed by atoms with van der Waals surface area (Å²) in [4.78, 5) is 24.5. The predicted molar refractivity (Wildman–Crippen MR) is 72.8 cm³/mol. The van der Waals surface area contributed by atoms with Crippen LogP contribution in [0.4, 0.5) is 0 Å². The molecule has 0 N–H and O–H groups in total. The SMILES string of the molecule is COC(=O)C1(C(=O)OC)CC2=C3CCC[C@H]3CC[C@H]2C1. The van der Waals surface area contributed by atoms with Gasteiger partial charge in [0, 0.05) is 0 Å². The fourth-order valence-electron chi connectivity index (χ4n) is 4.58. The third-order valence-corrected chi connectivity index (χ3v) is 5.50. The van der Waals surface area contributed by atoms with Gasteiger partial charge in [0.25, 0.3) is 0 Å². The number of methoxy groups -OCH3 is 2. The number of hydrogen-bond donors (Lipinski definition) is 0. The first kappa shape index (κ1) is 13.7. The highest BCUT2D eigenvalue weighted by atomic mass is 16.5. The smallest absolute Gasteiger partial charge is 0.323 e. The Balaban J connectivity index is 1.99. The van der Waals surface area contributed by atoms with Crippen molar-refractivity contribution in [2.45, 2.75) is 44.9 Å². The van der Waals surface area contributed by atoms with Gasteiger partial charge in [-0.25, -0.2) is 0 Å². The normalized spacial score (nSPS) is 30.7. The molecule has 4 heteroatoms. The van der Waals surface area contributed by atoms with E-state index in [0.717, 1.165) is 12.8 Å². The third kappa shape index (κ3) is 1.80. The number of rotatable bonds is 2. The van der Waals surface area contributed by atoms with E-state index in [2.05, 4.69) is 0 Å². The summed E-state index contributed by atoms with van der Waals surface area (Å²) in [7, 11) is 2.70. The Morgan fingerprint density at radius 1 is 1.00 bits per heavy atom. The first-order chi connectivity index (χ1) is 9.62. The minimum Gasteiger partial charge on any atom is -0.468 e. The van der Waals surface area contributed by atoms with E-state index in [1.165, 1.54) is 44.6 Å². The molecular weight excluding hydrogens is 256 g/mol. The molecule has 20 heavy (non-hydrogen) atoms. The number of ether oxygens (including phenoxy) is 2. The molecule has 0 radical (unpaired) electrons. The number of carbonyl (C=O) groups excluding carboxylic acids is 2. The first-order valence-electron chi connectivity index (χ1n) is 7.51. The van der Waals surface area contributed by atoms with E-state index in [9.17, 15) is 9.59 Å².